The Morgan fingerprint density at radius 2 is 1.94 bits per heavy atom. The molecule has 7 heteroatoms. The summed E-state index contributed by atoms with van der Waals surface area (Å²) >= 11 is 0. The average molecular weight is 228 g/mol. The predicted octanol–water partition coefficient (Wildman–Crippen LogP) is 2.07. The van der Waals surface area contributed by atoms with Gasteiger partial charge in [-0.1, -0.05) is 0 Å². The van der Waals surface area contributed by atoms with E-state index in [1.54, 1.807) is 0 Å². The fraction of sp³-hybridized carbons (Fsp3) is 0.111. The van der Waals surface area contributed by atoms with Gasteiger partial charge in [0.2, 0.25) is 0 Å². The highest BCUT2D eigenvalue weighted by Crippen LogP contribution is 2.33. The minimum Gasteiger partial charge on any atom is -0.399 e. The van der Waals surface area contributed by atoms with E-state index in [1.807, 2.05) is 0 Å². The Bertz CT molecular complexity index is 490. The van der Waals surface area contributed by atoms with Gasteiger partial charge in [0.15, 0.2) is 5.82 Å². The fourth-order valence-electron chi connectivity index (χ4n) is 1.30. The minimum atomic E-state index is -4.43. The Morgan fingerprint density at radius 3 is 2.50 bits per heavy atom. The molecular formula is C9H7F3N4. The lowest BCUT2D eigenvalue weighted by atomic mass is 10.1. The number of aromatic nitrogens is 3. The van der Waals surface area contributed by atoms with E-state index in [0.29, 0.717) is 0 Å². The van der Waals surface area contributed by atoms with E-state index in [-0.39, 0.29) is 17.1 Å². The molecule has 0 unspecified atom stereocenters. The van der Waals surface area contributed by atoms with Crippen molar-refractivity contribution in [1.29, 1.82) is 0 Å². The minimum absolute atomic E-state index is 0.0289. The van der Waals surface area contributed by atoms with Crippen LogP contribution in [0.2, 0.25) is 0 Å². The monoisotopic (exact) mass is 228 g/mol. The van der Waals surface area contributed by atoms with Crippen LogP contribution in [0.25, 0.3) is 11.4 Å². The van der Waals surface area contributed by atoms with E-state index in [4.69, 9.17) is 5.73 Å². The first-order chi connectivity index (χ1) is 7.47. The molecule has 2 aromatic rings. The summed E-state index contributed by atoms with van der Waals surface area (Å²) in [5.41, 5.74) is 4.88. The second-order valence-corrected chi connectivity index (χ2v) is 3.18. The summed E-state index contributed by atoms with van der Waals surface area (Å²) in [6.07, 6.45) is -3.21. The number of aromatic amines is 1. The Labute approximate surface area is 88.3 Å². The second-order valence-electron chi connectivity index (χ2n) is 3.18. The number of H-pyrrole nitrogens is 1. The number of nitrogen functional groups attached to an aromatic ring is 1. The van der Waals surface area contributed by atoms with E-state index >= 15 is 0 Å². The van der Waals surface area contributed by atoms with Crippen molar-refractivity contribution in [1.82, 2.24) is 15.2 Å². The molecule has 0 aliphatic heterocycles. The van der Waals surface area contributed by atoms with Crippen LogP contribution in [-0.4, -0.2) is 15.2 Å². The maximum absolute atomic E-state index is 12.5. The average Bonchev–Trinajstić information content (AvgIpc) is 2.68. The third-order valence-electron chi connectivity index (χ3n) is 1.97. The number of rotatable bonds is 1. The summed E-state index contributed by atoms with van der Waals surface area (Å²) in [6.45, 7) is 0. The van der Waals surface area contributed by atoms with Gasteiger partial charge >= 0.3 is 6.18 Å². The van der Waals surface area contributed by atoms with Crippen LogP contribution in [0, 0.1) is 0 Å². The van der Waals surface area contributed by atoms with Crippen molar-refractivity contribution in [3.8, 4) is 11.4 Å². The molecule has 0 saturated heterocycles. The summed E-state index contributed by atoms with van der Waals surface area (Å²) in [6, 6.07) is 3.24. The number of hydrogen-bond donors (Lipinski definition) is 2. The van der Waals surface area contributed by atoms with Crippen LogP contribution >= 0.6 is 0 Å². The van der Waals surface area contributed by atoms with Gasteiger partial charge in [0.05, 0.1) is 5.56 Å². The van der Waals surface area contributed by atoms with Crippen LogP contribution in [-0.2, 0) is 6.18 Å². The van der Waals surface area contributed by atoms with Gasteiger partial charge in [0, 0.05) is 11.3 Å². The lowest BCUT2D eigenvalue weighted by Crippen LogP contribution is -2.06. The van der Waals surface area contributed by atoms with E-state index in [1.165, 1.54) is 12.4 Å². The van der Waals surface area contributed by atoms with Crippen LogP contribution in [0.1, 0.15) is 5.56 Å². The van der Waals surface area contributed by atoms with Crippen LogP contribution in [0.3, 0.4) is 0 Å². The summed E-state index contributed by atoms with van der Waals surface area (Å²) in [7, 11) is 0. The first-order valence-electron chi connectivity index (χ1n) is 4.30. The molecule has 0 amide bonds. The van der Waals surface area contributed by atoms with Crippen molar-refractivity contribution < 1.29 is 13.2 Å². The smallest absolute Gasteiger partial charge is 0.399 e. The number of nitrogens with two attached hydrogens (primary N) is 1. The molecule has 2 rings (SSSR count). The maximum atomic E-state index is 12.5. The third kappa shape index (κ3) is 1.97. The summed E-state index contributed by atoms with van der Waals surface area (Å²) in [5, 5.41) is 6.04. The lowest BCUT2D eigenvalue weighted by molar-refractivity contribution is -0.137. The Kier molecular flexibility index (Phi) is 2.30. The highest BCUT2D eigenvalue weighted by atomic mass is 19.4. The number of anilines is 1. The van der Waals surface area contributed by atoms with Gasteiger partial charge in [-0.05, 0) is 18.2 Å². The van der Waals surface area contributed by atoms with Crippen molar-refractivity contribution in [3.05, 3.63) is 30.1 Å². The van der Waals surface area contributed by atoms with Crippen molar-refractivity contribution in [2.24, 2.45) is 0 Å². The molecule has 4 nitrogen and oxygen atoms in total. The number of nitrogens with one attached hydrogen (secondary N) is 1. The summed E-state index contributed by atoms with van der Waals surface area (Å²) in [4.78, 5) is 3.76. The quantitative estimate of drug-likeness (QED) is 0.734. The summed E-state index contributed by atoms with van der Waals surface area (Å²) < 4.78 is 37.5. The van der Waals surface area contributed by atoms with Crippen molar-refractivity contribution in [3.63, 3.8) is 0 Å². The molecule has 1 heterocycles. The maximum Gasteiger partial charge on any atom is 0.416 e. The van der Waals surface area contributed by atoms with Crippen LogP contribution in [0.4, 0.5) is 18.9 Å². The number of benzene rings is 1. The molecule has 0 aliphatic carbocycles. The van der Waals surface area contributed by atoms with E-state index in [2.05, 4.69) is 15.2 Å². The second kappa shape index (κ2) is 3.51. The Balaban J connectivity index is 2.53. The third-order valence-corrected chi connectivity index (χ3v) is 1.97. The molecule has 0 atom stereocenters. The Morgan fingerprint density at radius 1 is 1.19 bits per heavy atom. The highest BCUT2D eigenvalue weighted by Gasteiger charge is 2.31. The molecule has 0 radical (unpaired) electrons. The van der Waals surface area contributed by atoms with Crippen LogP contribution in [0.5, 0.6) is 0 Å². The van der Waals surface area contributed by atoms with Gasteiger partial charge in [0.25, 0.3) is 0 Å². The molecule has 0 fully saturated rings. The largest absolute Gasteiger partial charge is 0.416 e. The SMILES string of the molecule is Nc1cc(-c2ncn[nH]2)cc(C(F)(F)F)c1. The van der Waals surface area contributed by atoms with Crippen LogP contribution in [0.15, 0.2) is 24.5 Å². The summed E-state index contributed by atoms with van der Waals surface area (Å²) in [5.74, 6) is 0.248. The van der Waals surface area contributed by atoms with Crippen molar-refractivity contribution in [2.75, 3.05) is 5.73 Å². The zero-order valence-electron chi connectivity index (χ0n) is 7.92. The molecule has 1 aromatic carbocycles. The zero-order chi connectivity index (χ0) is 11.8. The number of nitrogens with zero attached hydrogens (tertiary/aromatic N) is 2. The molecule has 84 valence electrons. The van der Waals surface area contributed by atoms with E-state index in [9.17, 15) is 13.2 Å². The molecule has 0 bridgehead atoms. The van der Waals surface area contributed by atoms with Crippen LogP contribution < -0.4 is 5.73 Å². The van der Waals surface area contributed by atoms with Crippen molar-refractivity contribution >= 4 is 5.69 Å². The molecule has 0 spiro atoms. The molecular weight excluding hydrogens is 221 g/mol. The van der Waals surface area contributed by atoms with Crippen molar-refractivity contribution in [2.45, 2.75) is 6.18 Å². The first kappa shape index (κ1) is 10.5. The number of halogens is 3. The molecule has 0 saturated carbocycles. The molecule has 1 aromatic heterocycles. The van der Waals surface area contributed by atoms with Gasteiger partial charge in [-0.25, -0.2) is 4.98 Å². The standard InChI is InChI=1S/C9H7F3N4/c10-9(11,12)6-1-5(2-7(13)3-6)8-14-4-15-16-8/h1-4H,13H2,(H,14,15,16). The molecule has 16 heavy (non-hydrogen) atoms. The lowest BCUT2D eigenvalue weighted by Gasteiger charge is -2.09. The molecule has 3 N–H and O–H groups in total. The number of alkyl halides is 3. The predicted molar refractivity (Wildman–Crippen MR) is 51.2 cm³/mol. The normalized spacial score (nSPS) is 11.7. The topological polar surface area (TPSA) is 67.6 Å². The molecule has 0 aliphatic rings. The Hall–Kier alpha value is -2.05. The number of hydrogen-bond acceptors (Lipinski definition) is 3. The van der Waals surface area contributed by atoms with Gasteiger partial charge in [-0.2, -0.15) is 18.3 Å². The highest BCUT2D eigenvalue weighted by molar-refractivity contribution is 5.62. The first-order valence-corrected chi connectivity index (χ1v) is 4.30. The van der Waals surface area contributed by atoms with Gasteiger partial charge in [-0.3, -0.25) is 5.10 Å². The van der Waals surface area contributed by atoms with Gasteiger partial charge in [-0.15, -0.1) is 0 Å². The van der Waals surface area contributed by atoms with E-state index in [0.717, 1.165) is 12.1 Å². The fourth-order valence-corrected chi connectivity index (χ4v) is 1.30. The van der Waals surface area contributed by atoms with Gasteiger partial charge in [0.1, 0.15) is 6.33 Å². The van der Waals surface area contributed by atoms with E-state index < -0.39 is 11.7 Å². The zero-order valence-corrected chi connectivity index (χ0v) is 7.92. The van der Waals surface area contributed by atoms with Gasteiger partial charge < -0.3 is 5.73 Å².